The molecule has 4 nitrogen and oxygen atoms in total. The smallest absolute Gasteiger partial charge is 0.323 e. The van der Waals surface area contributed by atoms with Crippen LogP contribution in [0.25, 0.3) is 0 Å². The zero-order chi connectivity index (χ0) is 15.3. The highest BCUT2D eigenvalue weighted by molar-refractivity contribution is 5.98. The summed E-state index contributed by atoms with van der Waals surface area (Å²) in [6.45, 7) is 7.35. The number of aryl methyl sites for hydroxylation is 1. The van der Waals surface area contributed by atoms with Crippen LogP contribution in [0.2, 0.25) is 0 Å². The summed E-state index contributed by atoms with van der Waals surface area (Å²) in [7, 11) is 0. The molecular formula is C16H23NO3. The summed E-state index contributed by atoms with van der Waals surface area (Å²) in [5, 5.41) is 0. The van der Waals surface area contributed by atoms with Crippen LogP contribution in [-0.2, 0) is 16.0 Å². The van der Waals surface area contributed by atoms with Crippen molar-refractivity contribution in [1.29, 1.82) is 0 Å². The molecule has 0 radical (unpaired) electrons. The number of benzene rings is 1. The van der Waals surface area contributed by atoms with Gasteiger partial charge in [0.05, 0.1) is 0 Å². The zero-order valence-electron chi connectivity index (χ0n) is 12.6. The molecule has 4 heteroatoms. The van der Waals surface area contributed by atoms with Crippen LogP contribution >= 0.6 is 0 Å². The molecule has 1 rings (SSSR count). The van der Waals surface area contributed by atoms with Gasteiger partial charge in [-0.2, -0.15) is 0 Å². The zero-order valence-corrected chi connectivity index (χ0v) is 12.6. The SMILES string of the molecule is CCc1ccc(C(=O)CC(N)C(=O)OC(C)(C)C)cc1. The van der Waals surface area contributed by atoms with E-state index in [1.807, 2.05) is 12.1 Å². The number of carbonyl (C=O) groups is 2. The van der Waals surface area contributed by atoms with E-state index in [4.69, 9.17) is 10.5 Å². The molecule has 0 amide bonds. The lowest BCUT2D eigenvalue weighted by Gasteiger charge is -2.21. The highest BCUT2D eigenvalue weighted by Gasteiger charge is 2.24. The van der Waals surface area contributed by atoms with E-state index in [9.17, 15) is 9.59 Å². The van der Waals surface area contributed by atoms with E-state index >= 15 is 0 Å². The largest absolute Gasteiger partial charge is 0.459 e. The minimum atomic E-state index is -0.924. The van der Waals surface area contributed by atoms with Crippen molar-refractivity contribution in [3.63, 3.8) is 0 Å². The van der Waals surface area contributed by atoms with Crippen molar-refractivity contribution in [3.8, 4) is 0 Å². The van der Waals surface area contributed by atoms with Crippen molar-refractivity contribution in [2.75, 3.05) is 0 Å². The van der Waals surface area contributed by atoms with E-state index in [1.54, 1.807) is 32.9 Å². The van der Waals surface area contributed by atoms with Crippen LogP contribution in [0.1, 0.15) is 50.0 Å². The molecule has 110 valence electrons. The van der Waals surface area contributed by atoms with E-state index in [-0.39, 0.29) is 12.2 Å². The topological polar surface area (TPSA) is 69.4 Å². The second-order valence-electron chi connectivity index (χ2n) is 5.82. The summed E-state index contributed by atoms with van der Waals surface area (Å²) in [5.41, 5.74) is 6.86. The summed E-state index contributed by atoms with van der Waals surface area (Å²) in [6.07, 6.45) is 0.881. The first-order valence-corrected chi connectivity index (χ1v) is 6.83. The standard InChI is InChI=1S/C16H23NO3/c1-5-11-6-8-12(9-7-11)14(18)10-13(17)15(19)20-16(2,3)4/h6-9,13H,5,10,17H2,1-4H3. The Bertz CT molecular complexity index is 471. The number of carbonyl (C=O) groups excluding carboxylic acids is 2. The van der Waals surface area contributed by atoms with Crippen molar-refractivity contribution >= 4 is 11.8 Å². The van der Waals surface area contributed by atoms with Crippen LogP contribution in [0, 0.1) is 0 Å². The number of nitrogens with two attached hydrogens (primary N) is 1. The Morgan fingerprint density at radius 2 is 1.75 bits per heavy atom. The van der Waals surface area contributed by atoms with Crippen molar-refractivity contribution in [2.24, 2.45) is 5.73 Å². The number of ether oxygens (including phenoxy) is 1. The van der Waals surface area contributed by atoms with E-state index in [0.717, 1.165) is 12.0 Å². The minimum absolute atomic E-state index is 0.0413. The monoisotopic (exact) mass is 277 g/mol. The molecule has 0 bridgehead atoms. The normalized spacial score (nSPS) is 12.8. The summed E-state index contributed by atoms with van der Waals surface area (Å²) >= 11 is 0. The highest BCUT2D eigenvalue weighted by atomic mass is 16.6. The van der Waals surface area contributed by atoms with Gasteiger partial charge in [-0.3, -0.25) is 9.59 Å². The maximum Gasteiger partial charge on any atom is 0.323 e. The lowest BCUT2D eigenvalue weighted by atomic mass is 10.0. The van der Waals surface area contributed by atoms with Crippen LogP contribution in [0.15, 0.2) is 24.3 Å². The molecule has 0 fully saturated rings. The molecule has 2 N–H and O–H groups in total. The first kappa shape index (κ1) is 16.4. The van der Waals surface area contributed by atoms with E-state index in [1.165, 1.54) is 0 Å². The number of hydrogen-bond donors (Lipinski definition) is 1. The molecule has 0 spiro atoms. The second kappa shape index (κ2) is 6.66. The lowest BCUT2D eigenvalue weighted by molar-refractivity contribution is -0.156. The Morgan fingerprint density at radius 1 is 1.20 bits per heavy atom. The first-order chi connectivity index (χ1) is 9.23. The molecule has 0 aliphatic rings. The van der Waals surface area contributed by atoms with Crippen LogP contribution in [0.3, 0.4) is 0 Å². The molecule has 0 aliphatic heterocycles. The van der Waals surface area contributed by atoms with Gasteiger partial charge in [0.2, 0.25) is 0 Å². The van der Waals surface area contributed by atoms with Crippen LogP contribution in [0.5, 0.6) is 0 Å². The van der Waals surface area contributed by atoms with Gasteiger partial charge in [-0.25, -0.2) is 0 Å². The Balaban J connectivity index is 2.62. The van der Waals surface area contributed by atoms with Gasteiger partial charge in [-0.1, -0.05) is 31.2 Å². The van der Waals surface area contributed by atoms with Crippen molar-refractivity contribution in [1.82, 2.24) is 0 Å². The molecule has 0 saturated heterocycles. The predicted molar refractivity (Wildman–Crippen MR) is 78.6 cm³/mol. The van der Waals surface area contributed by atoms with Gasteiger partial charge in [0.25, 0.3) is 0 Å². The first-order valence-electron chi connectivity index (χ1n) is 6.83. The molecule has 20 heavy (non-hydrogen) atoms. The fourth-order valence-corrected chi connectivity index (χ4v) is 1.70. The molecule has 0 aliphatic carbocycles. The van der Waals surface area contributed by atoms with Gasteiger partial charge in [-0.15, -0.1) is 0 Å². The third-order valence-electron chi connectivity index (χ3n) is 2.80. The fourth-order valence-electron chi connectivity index (χ4n) is 1.70. The summed E-state index contributed by atoms with van der Waals surface area (Å²) in [4.78, 5) is 23.8. The molecule has 1 unspecified atom stereocenters. The maximum absolute atomic E-state index is 12.0. The van der Waals surface area contributed by atoms with Gasteiger partial charge in [0.1, 0.15) is 11.6 Å². The molecular weight excluding hydrogens is 254 g/mol. The average molecular weight is 277 g/mol. The van der Waals surface area contributed by atoms with Crippen molar-refractivity contribution < 1.29 is 14.3 Å². The quantitative estimate of drug-likeness (QED) is 0.663. The Morgan fingerprint density at radius 3 is 2.20 bits per heavy atom. The Labute approximate surface area is 120 Å². The summed E-state index contributed by atoms with van der Waals surface area (Å²) in [5.74, 6) is -0.693. The van der Waals surface area contributed by atoms with E-state index < -0.39 is 17.6 Å². The van der Waals surface area contributed by atoms with Gasteiger partial charge in [0, 0.05) is 12.0 Å². The van der Waals surface area contributed by atoms with Crippen molar-refractivity contribution in [3.05, 3.63) is 35.4 Å². The summed E-state index contributed by atoms with van der Waals surface area (Å²) < 4.78 is 5.16. The molecule has 1 aromatic rings. The van der Waals surface area contributed by atoms with E-state index in [0.29, 0.717) is 5.56 Å². The second-order valence-corrected chi connectivity index (χ2v) is 5.82. The maximum atomic E-state index is 12.0. The third kappa shape index (κ3) is 5.13. The Kier molecular flexibility index (Phi) is 5.45. The van der Waals surface area contributed by atoms with Crippen LogP contribution < -0.4 is 5.73 Å². The minimum Gasteiger partial charge on any atom is -0.459 e. The molecule has 0 heterocycles. The number of hydrogen-bond acceptors (Lipinski definition) is 4. The number of Topliss-reactive ketones (excluding diaryl/α,β-unsaturated/α-hetero) is 1. The van der Waals surface area contributed by atoms with Gasteiger partial charge < -0.3 is 10.5 Å². The summed E-state index contributed by atoms with van der Waals surface area (Å²) in [6, 6.07) is 6.43. The Hall–Kier alpha value is -1.68. The number of esters is 1. The average Bonchev–Trinajstić information content (AvgIpc) is 2.36. The molecule has 1 aromatic carbocycles. The third-order valence-corrected chi connectivity index (χ3v) is 2.80. The fraction of sp³-hybridized carbons (Fsp3) is 0.500. The lowest BCUT2D eigenvalue weighted by Crippen LogP contribution is -2.38. The predicted octanol–water partition coefficient (Wildman–Crippen LogP) is 2.49. The number of ketones is 1. The van der Waals surface area contributed by atoms with Crippen LogP contribution in [0.4, 0.5) is 0 Å². The molecule has 1 atom stereocenters. The van der Waals surface area contributed by atoms with Gasteiger partial charge >= 0.3 is 5.97 Å². The molecule has 0 saturated carbocycles. The van der Waals surface area contributed by atoms with Gasteiger partial charge in [0.15, 0.2) is 5.78 Å². The van der Waals surface area contributed by atoms with E-state index in [2.05, 4.69) is 6.92 Å². The van der Waals surface area contributed by atoms with Crippen molar-refractivity contribution in [2.45, 2.75) is 52.2 Å². The molecule has 0 aromatic heterocycles. The number of rotatable bonds is 5. The van der Waals surface area contributed by atoms with Gasteiger partial charge in [-0.05, 0) is 32.8 Å². The highest BCUT2D eigenvalue weighted by Crippen LogP contribution is 2.12. The van der Waals surface area contributed by atoms with Crippen LogP contribution in [-0.4, -0.2) is 23.4 Å².